The van der Waals surface area contributed by atoms with E-state index in [-0.39, 0.29) is 5.69 Å². The van der Waals surface area contributed by atoms with Crippen LogP contribution in [0.5, 0.6) is 0 Å². The number of nitro groups is 1. The summed E-state index contributed by atoms with van der Waals surface area (Å²) in [7, 11) is 0. The first-order valence-corrected chi connectivity index (χ1v) is 4.90. The lowest BCUT2D eigenvalue weighted by atomic mass is 10.1. The van der Waals surface area contributed by atoms with Crippen LogP contribution < -0.4 is 11.3 Å². The lowest BCUT2D eigenvalue weighted by Crippen LogP contribution is -2.11. The second-order valence-corrected chi connectivity index (χ2v) is 3.48. The molecule has 1 aromatic heterocycles. The number of nitrogen functional groups attached to an aromatic ring is 1. The number of hydrogen-bond donors (Lipinski definition) is 2. The molecule has 0 unspecified atom stereocenters. The molecule has 2 aromatic rings. The number of nitrogens with one attached hydrogen (secondary N) is 1. The lowest BCUT2D eigenvalue weighted by Gasteiger charge is -2.09. The van der Waals surface area contributed by atoms with E-state index in [1.165, 1.54) is 12.1 Å². The summed E-state index contributed by atoms with van der Waals surface area (Å²) in [5, 5.41) is 10.7. The predicted molar refractivity (Wildman–Crippen MR) is 62.2 cm³/mol. The molecule has 1 heterocycles. The number of hydrazine groups is 1. The molecule has 88 valence electrons. The van der Waals surface area contributed by atoms with Crippen LogP contribution in [0.2, 0.25) is 0 Å². The number of nitrogens with zero attached hydrogens (tertiary/aromatic N) is 3. The monoisotopic (exact) mass is 233 g/mol. The van der Waals surface area contributed by atoms with Crippen LogP contribution in [-0.2, 0) is 6.54 Å². The van der Waals surface area contributed by atoms with E-state index in [4.69, 9.17) is 5.84 Å². The van der Waals surface area contributed by atoms with Crippen molar-refractivity contribution >= 4 is 11.4 Å². The van der Waals surface area contributed by atoms with Crippen LogP contribution in [0.1, 0.15) is 5.56 Å². The van der Waals surface area contributed by atoms with Crippen molar-refractivity contribution in [3.05, 3.63) is 52.6 Å². The van der Waals surface area contributed by atoms with Crippen molar-refractivity contribution in [2.75, 3.05) is 5.43 Å². The molecule has 0 aliphatic heterocycles. The number of nitro benzene ring substituents is 1. The fourth-order valence-corrected chi connectivity index (χ4v) is 1.54. The summed E-state index contributed by atoms with van der Waals surface area (Å²) in [4.78, 5) is 14.2. The highest BCUT2D eigenvalue weighted by Crippen LogP contribution is 2.22. The number of anilines is 1. The van der Waals surface area contributed by atoms with Gasteiger partial charge < -0.3 is 9.99 Å². The Morgan fingerprint density at radius 1 is 1.53 bits per heavy atom. The van der Waals surface area contributed by atoms with Crippen LogP contribution in [0.3, 0.4) is 0 Å². The normalized spacial score (nSPS) is 10.2. The van der Waals surface area contributed by atoms with E-state index in [0.29, 0.717) is 12.2 Å². The number of hydrogen-bond acceptors (Lipinski definition) is 5. The Labute approximate surface area is 97.0 Å². The molecule has 17 heavy (non-hydrogen) atoms. The smallest absolute Gasteiger partial charge is 0.269 e. The van der Waals surface area contributed by atoms with Crippen molar-refractivity contribution in [2.45, 2.75) is 6.54 Å². The highest BCUT2D eigenvalue weighted by atomic mass is 16.6. The topological polar surface area (TPSA) is 99.0 Å². The van der Waals surface area contributed by atoms with E-state index >= 15 is 0 Å². The van der Waals surface area contributed by atoms with Crippen LogP contribution >= 0.6 is 0 Å². The zero-order valence-corrected chi connectivity index (χ0v) is 8.91. The third kappa shape index (κ3) is 2.40. The predicted octanol–water partition coefficient (Wildman–Crippen LogP) is 1.13. The van der Waals surface area contributed by atoms with E-state index < -0.39 is 4.92 Å². The number of non-ortho nitro benzene ring substituents is 1. The van der Waals surface area contributed by atoms with Gasteiger partial charge in [-0.25, -0.2) is 4.98 Å². The van der Waals surface area contributed by atoms with Gasteiger partial charge in [-0.3, -0.25) is 16.0 Å². The molecule has 2 rings (SSSR count). The molecule has 0 fully saturated rings. The van der Waals surface area contributed by atoms with Crippen molar-refractivity contribution in [1.29, 1.82) is 0 Å². The number of imidazole rings is 1. The van der Waals surface area contributed by atoms with Gasteiger partial charge in [0.05, 0.1) is 23.5 Å². The third-order valence-corrected chi connectivity index (χ3v) is 2.37. The van der Waals surface area contributed by atoms with Gasteiger partial charge in [0.25, 0.3) is 5.69 Å². The van der Waals surface area contributed by atoms with Crippen LogP contribution in [0, 0.1) is 10.1 Å². The molecule has 0 atom stereocenters. The van der Waals surface area contributed by atoms with E-state index in [1.54, 1.807) is 29.4 Å². The van der Waals surface area contributed by atoms with Crippen LogP contribution in [0.25, 0.3) is 0 Å². The van der Waals surface area contributed by atoms with Crippen molar-refractivity contribution < 1.29 is 4.92 Å². The maximum Gasteiger partial charge on any atom is 0.269 e. The molecular formula is C10H11N5O2. The Morgan fingerprint density at radius 2 is 2.35 bits per heavy atom. The molecule has 0 radical (unpaired) electrons. The molecule has 3 N–H and O–H groups in total. The Hall–Kier alpha value is -2.41. The Balaban J connectivity index is 2.35. The van der Waals surface area contributed by atoms with Gasteiger partial charge in [0.2, 0.25) is 0 Å². The molecule has 0 spiro atoms. The molecule has 0 aliphatic carbocycles. The SMILES string of the molecule is NNc1ccc([N+](=O)[O-])cc1Cn1ccnc1. The van der Waals surface area contributed by atoms with E-state index in [9.17, 15) is 10.1 Å². The van der Waals surface area contributed by atoms with E-state index in [2.05, 4.69) is 10.4 Å². The summed E-state index contributed by atoms with van der Waals surface area (Å²) in [6, 6.07) is 4.49. The van der Waals surface area contributed by atoms with Crippen LogP contribution in [0.15, 0.2) is 36.9 Å². The van der Waals surface area contributed by atoms with Crippen molar-refractivity contribution in [2.24, 2.45) is 5.84 Å². The number of aromatic nitrogens is 2. The quantitative estimate of drug-likeness (QED) is 0.468. The standard InChI is InChI=1S/C10H11N5O2/c11-13-10-2-1-9(15(16)17)5-8(10)6-14-4-3-12-7-14/h1-5,7,13H,6,11H2. The van der Waals surface area contributed by atoms with Gasteiger partial charge in [0.1, 0.15) is 0 Å². The second-order valence-electron chi connectivity index (χ2n) is 3.48. The Bertz CT molecular complexity index is 523. The number of rotatable bonds is 4. The van der Waals surface area contributed by atoms with Gasteiger partial charge >= 0.3 is 0 Å². The summed E-state index contributed by atoms with van der Waals surface area (Å²) in [5.74, 6) is 5.36. The molecule has 0 saturated carbocycles. The molecule has 0 saturated heterocycles. The first-order valence-electron chi connectivity index (χ1n) is 4.90. The molecule has 0 bridgehead atoms. The van der Waals surface area contributed by atoms with E-state index in [1.807, 2.05) is 0 Å². The second kappa shape index (κ2) is 4.62. The average molecular weight is 233 g/mol. The maximum absolute atomic E-state index is 10.7. The molecule has 0 aliphatic rings. The highest BCUT2D eigenvalue weighted by Gasteiger charge is 2.10. The maximum atomic E-state index is 10.7. The Kier molecular flexibility index (Phi) is 3.01. The van der Waals surface area contributed by atoms with Gasteiger partial charge in [0, 0.05) is 30.1 Å². The van der Waals surface area contributed by atoms with Gasteiger partial charge in [-0.15, -0.1) is 0 Å². The first kappa shape index (κ1) is 11.1. The highest BCUT2D eigenvalue weighted by molar-refractivity contribution is 5.55. The molecule has 7 heteroatoms. The molecule has 7 nitrogen and oxygen atoms in total. The fourth-order valence-electron chi connectivity index (χ4n) is 1.54. The minimum atomic E-state index is -0.433. The third-order valence-electron chi connectivity index (χ3n) is 2.37. The number of nitrogens with two attached hydrogens (primary N) is 1. The minimum Gasteiger partial charge on any atom is -0.333 e. The summed E-state index contributed by atoms with van der Waals surface area (Å²) in [5.41, 5.74) is 3.95. The zero-order chi connectivity index (χ0) is 12.3. The van der Waals surface area contributed by atoms with Gasteiger partial charge in [0.15, 0.2) is 0 Å². The summed E-state index contributed by atoms with van der Waals surface area (Å²) in [6.07, 6.45) is 5.06. The minimum absolute atomic E-state index is 0.0408. The van der Waals surface area contributed by atoms with Crippen LogP contribution in [-0.4, -0.2) is 14.5 Å². The average Bonchev–Trinajstić information content (AvgIpc) is 2.81. The van der Waals surface area contributed by atoms with Gasteiger partial charge in [-0.05, 0) is 6.07 Å². The van der Waals surface area contributed by atoms with Crippen LogP contribution in [0.4, 0.5) is 11.4 Å². The number of benzene rings is 1. The lowest BCUT2D eigenvalue weighted by molar-refractivity contribution is -0.384. The first-order chi connectivity index (χ1) is 8.20. The van der Waals surface area contributed by atoms with Crippen molar-refractivity contribution in [3.8, 4) is 0 Å². The summed E-state index contributed by atoms with van der Waals surface area (Å²) in [6.45, 7) is 0.473. The zero-order valence-electron chi connectivity index (χ0n) is 8.91. The van der Waals surface area contributed by atoms with Crippen molar-refractivity contribution in [1.82, 2.24) is 9.55 Å². The largest absolute Gasteiger partial charge is 0.333 e. The van der Waals surface area contributed by atoms with Gasteiger partial charge in [-0.2, -0.15) is 0 Å². The molecule has 0 amide bonds. The summed E-state index contributed by atoms with van der Waals surface area (Å²) < 4.78 is 1.81. The van der Waals surface area contributed by atoms with Crippen molar-refractivity contribution in [3.63, 3.8) is 0 Å². The van der Waals surface area contributed by atoms with Gasteiger partial charge in [-0.1, -0.05) is 0 Å². The molecule has 1 aromatic carbocycles. The summed E-state index contributed by atoms with van der Waals surface area (Å²) >= 11 is 0. The Morgan fingerprint density at radius 3 is 2.94 bits per heavy atom. The van der Waals surface area contributed by atoms with E-state index in [0.717, 1.165) is 5.56 Å². The fraction of sp³-hybridized carbons (Fsp3) is 0.100. The molecular weight excluding hydrogens is 222 g/mol.